The van der Waals surface area contributed by atoms with E-state index in [4.69, 9.17) is 4.74 Å². The van der Waals surface area contributed by atoms with Gasteiger partial charge in [-0.05, 0) is 49.7 Å². The maximum atomic E-state index is 13.0. The number of ether oxygens (including phenoxy) is 1. The van der Waals surface area contributed by atoms with Crippen molar-refractivity contribution in [2.24, 2.45) is 29.6 Å². The number of fused-ring (bicyclic) bond motifs is 1. The normalized spacial score (nSPS) is 33.4. The molecule has 27 heavy (non-hydrogen) atoms. The second-order valence-electron chi connectivity index (χ2n) is 8.50. The highest BCUT2D eigenvalue weighted by atomic mass is 16.5. The second-order valence-corrected chi connectivity index (χ2v) is 8.50. The van der Waals surface area contributed by atoms with Crippen LogP contribution in [0.3, 0.4) is 0 Å². The molecule has 2 saturated heterocycles. The minimum absolute atomic E-state index is 0.0292. The van der Waals surface area contributed by atoms with Crippen LogP contribution >= 0.6 is 0 Å². The molecule has 1 aliphatic carbocycles. The Labute approximate surface area is 160 Å². The topological polar surface area (TPSA) is 71.5 Å². The zero-order valence-electron chi connectivity index (χ0n) is 16.0. The summed E-state index contributed by atoms with van der Waals surface area (Å²) in [6, 6.07) is 3.64. The summed E-state index contributed by atoms with van der Waals surface area (Å²) < 4.78 is 5.73. The lowest BCUT2D eigenvalue weighted by Crippen LogP contribution is -2.42. The van der Waals surface area contributed by atoms with Crippen molar-refractivity contribution in [2.75, 3.05) is 31.6 Å². The van der Waals surface area contributed by atoms with Gasteiger partial charge in [-0.1, -0.05) is 6.92 Å². The van der Waals surface area contributed by atoms with E-state index in [1.54, 1.807) is 18.5 Å². The van der Waals surface area contributed by atoms with Crippen LogP contribution in [0.4, 0.5) is 5.69 Å². The number of nitrogens with zero attached hydrogens (tertiary/aromatic N) is 2. The Balaban J connectivity index is 1.39. The van der Waals surface area contributed by atoms with E-state index in [0.29, 0.717) is 31.4 Å². The number of anilines is 1. The van der Waals surface area contributed by atoms with Gasteiger partial charge in [-0.3, -0.25) is 14.6 Å². The molecule has 3 fully saturated rings. The Hall–Kier alpha value is -1.95. The molecular weight excluding hydrogens is 342 g/mol. The molecule has 2 aliphatic heterocycles. The third-order valence-electron chi connectivity index (χ3n) is 6.58. The molecule has 3 aliphatic rings. The molecule has 4 rings (SSSR count). The minimum Gasteiger partial charge on any atom is -0.380 e. The zero-order valence-corrected chi connectivity index (χ0v) is 16.0. The Morgan fingerprint density at radius 1 is 1.19 bits per heavy atom. The van der Waals surface area contributed by atoms with Gasteiger partial charge in [0, 0.05) is 31.1 Å². The number of rotatable bonds is 3. The lowest BCUT2D eigenvalue weighted by molar-refractivity contribution is -0.136. The van der Waals surface area contributed by atoms with Crippen molar-refractivity contribution in [1.82, 2.24) is 9.88 Å². The van der Waals surface area contributed by atoms with Crippen molar-refractivity contribution >= 4 is 17.5 Å². The predicted molar refractivity (Wildman–Crippen MR) is 102 cm³/mol. The molecule has 0 aromatic carbocycles. The highest BCUT2D eigenvalue weighted by Gasteiger charge is 2.46. The van der Waals surface area contributed by atoms with E-state index in [9.17, 15) is 9.59 Å². The van der Waals surface area contributed by atoms with Gasteiger partial charge in [0.05, 0.1) is 31.0 Å². The van der Waals surface area contributed by atoms with E-state index in [1.165, 1.54) is 0 Å². The molecule has 1 saturated carbocycles. The third kappa shape index (κ3) is 4.00. The molecule has 1 aromatic rings. The molecule has 0 bridgehead atoms. The number of carbonyl (C=O) groups is 2. The highest BCUT2D eigenvalue weighted by Crippen LogP contribution is 2.37. The minimum atomic E-state index is -0.215. The summed E-state index contributed by atoms with van der Waals surface area (Å²) in [5.74, 6) is 1.40. The number of amides is 2. The second kappa shape index (κ2) is 7.97. The van der Waals surface area contributed by atoms with Crippen molar-refractivity contribution in [3.8, 4) is 0 Å². The van der Waals surface area contributed by atoms with Gasteiger partial charge in [-0.2, -0.15) is 0 Å². The first-order chi connectivity index (χ1) is 13.1. The van der Waals surface area contributed by atoms with Gasteiger partial charge >= 0.3 is 0 Å². The quantitative estimate of drug-likeness (QED) is 0.886. The van der Waals surface area contributed by atoms with Crippen LogP contribution in [-0.2, 0) is 14.3 Å². The number of pyridine rings is 1. The lowest BCUT2D eigenvalue weighted by Gasteiger charge is -2.31. The fourth-order valence-electron chi connectivity index (χ4n) is 4.89. The van der Waals surface area contributed by atoms with Crippen LogP contribution in [0.25, 0.3) is 0 Å². The number of carbonyl (C=O) groups excluding carboxylic acids is 2. The first kappa shape index (κ1) is 18.4. The maximum absolute atomic E-state index is 13.0. The summed E-state index contributed by atoms with van der Waals surface area (Å²) in [5, 5.41) is 2.95. The molecule has 1 N–H and O–H groups in total. The van der Waals surface area contributed by atoms with Gasteiger partial charge in [0.2, 0.25) is 11.8 Å². The number of hydrogen-bond donors (Lipinski definition) is 1. The number of nitrogens with one attached hydrogen (secondary N) is 1. The molecule has 0 radical (unpaired) electrons. The molecular formula is C21H29N3O3. The maximum Gasteiger partial charge on any atom is 0.230 e. The van der Waals surface area contributed by atoms with Crippen LogP contribution in [0.15, 0.2) is 24.5 Å². The summed E-state index contributed by atoms with van der Waals surface area (Å²) >= 11 is 0. The van der Waals surface area contributed by atoms with Crippen LogP contribution in [0.2, 0.25) is 0 Å². The third-order valence-corrected chi connectivity index (χ3v) is 6.58. The van der Waals surface area contributed by atoms with E-state index in [1.807, 2.05) is 11.0 Å². The largest absolute Gasteiger partial charge is 0.380 e. The first-order valence-electron chi connectivity index (χ1n) is 10.2. The molecule has 2 amide bonds. The standard InChI is InChI=1S/C21H29N3O3/c1-14-4-6-15(7-5-14)21(26)24-10-16-12-27-13-19(18(16)11-24)20(25)23-17-3-2-8-22-9-17/h2-3,8-9,14-16,18-19H,4-7,10-13H2,1H3,(H,23,25)/t14?,15?,16-,18-,19-/m1/s1. The molecule has 3 atom stereocenters. The van der Waals surface area contributed by atoms with Crippen molar-refractivity contribution in [1.29, 1.82) is 0 Å². The molecule has 0 unspecified atom stereocenters. The van der Waals surface area contributed by atoms with Gasteiger partial charge in [-0.25, -0.2) is 0 Å². The van der Waals surface area contributed by atoms with Gasteiger partial charge in [0.15, 0.2) is 0 Å². The van der Waals surface area contributed by atoms with Crippen LogP contribution in [0.5, 0.6) is 0 Å². The van der Waals surface area contributed by atoms with Crippen molar-refractivity contribution in [3.63, 3.8) is 0 Å². The smallest absolute Gasteiger partial charge is 0.230 e. The Bertz CT molecular complexity index is 673. The van der Waals surface area contributed by atoms with E-state index in [0.717, 1.165) is 38.1 Å². The van der Waals surface area contributed by atoms with Gasteiger partial charge in [0.1, 0.15) is 0 Å². The van der Waals surface area contributed by atoms with E-state index < -0.39 is 0 Å². The average Bonchev–Trinajstić information content (AvgIpc) is 3.13. The molecule has 0 spiro atoms. The number of likely N-dealkylation sites (tertiary alicyclic amines) is 1. The molecule has 6 nitrogen and oxygen atoms in total. The lowest BCUT2D eigenvalue weighted by atomic mass is 9.82. The first-order valence-corrected chi connectivity index (χ1v) is 10.2. The summed E-state index contributed by atoms with van der Waals surface area (Å²) in [7, 11) is 0. The summed E-state index contributed by atoms with van der Waals surface area (Å²) in [6.45, 7) is 4.76. The number of hydrogen-bond acceptors (Lipinski definition) is 4. The van der Waals surface area contributed by atoms with Crippen LogP contribution < -0.4 is 5.32 Å². The fraction of sp³-hybridized carbons (Fsp3) is 0.667. The van der Waals surface area contributed by atoms with Gasteiger partial charge in [0.25, 0.3) is 0 Å². The van der Waals surface area contributed by atoms with E-state index in [2.05, 4.69) is 17.2 Å². The monoisotopic (exact) mass is 371 g/mol. The molecule has 1 aromatic heterocycles. The van der Waals surface area contributed by atoms with E-state index in [-0.39, 0.29) is 29.6 Å². The van der Waals surface area contributed by atoms with Crippen LogP contribution in [0.1, 0.15) is 32.6 Å². The Morgan fingerprint density at radius 2 is 2.00 bits per heavy atom. The Morgan fingerprint density at radius 3 is 2.74 bits per heavy atom. The van der Waals surface area contributed by atoms with E-state index >= 15 is 0 Å². The molecule has 146 valence electrons. The average molecular weight is 371 g/mol. The predicted octanol–water partition coefficient (Wildman–Crippen LogP) is 2.57. The van der Waals surface area contributed by atoms with Crippen molar-refractivity contribution in [2.45, 2.75) is 32.6 Å². The Kier molecular flexibility index (Phi) is 5.43. The highest BCUT2D eigenvalue weighted by molar-refractivity contribution is 5.93. The fourth-order valence-corrected chi connectivity index (χ4v) is 4.89. The molecule has 6 heteroatoms. The summed E-state index contributed by atoms with van der Waals surface area (Å²) in [6.07, 6.45) is 7.64. The van der Waals surface area contributed by atoms with Gasteiger partial charge < -0.3 is 15.0 Å². The van der Waals surface area contributed by atoms with Crippen molar-refractivity contribution < 1.29 is 14.3 Å². The van der Waals surface area contributed by atoms with Gasteiger partial charge in [-0.15, -0.1) is 0 Å². The van der Waals surface area contributed by atoms with Crippen LogP contribution in [-0.4, -0.2) is 48.0 Å². The zero-order chi connectivity index (χ0) is 18.8. The summed E-state index contributed by atoms with van der Waals surface area (Å²) in [5.41, 5.74) is 0.701. The van der Waals surface area contributed by atoms with Crippen molar-refractivity contribution in [3.05, 3.63) is 24.5 Å². The molecule has 3 heterocycles. The number of aromatic nitrogens is 1. The van der Waals surface area contributed by atoms with Crippen LogP contribution in [0, 0.1) is 29.6 Å². The SMILES string of the molecule is CC1CCC(C(=O)N2C[C@@H]3COC[C@@H](C(=O)Nc4cccnc4)[C@@H]3C2)CC1. The summed E-state index contributed by atoms with van der Waals surface area (Å²) in [4.78, 5) is 31.8.